The van der Waals surface area contributed by atoms with Crippen LogP contribution in [-0.4, -0.2) is 23.2 Å². The molecule has 0 heterocycles. The van der Waals surface area contributed by atoms with Crippen LogP contribution in [-0.2, 0) is 0 Å². The molecule has 4 heteroatoms. The van der Waals surface area contributed by atoms with Crippen molar-refractivity contribution in [3.05, 3.63) is 29.3 Å². The maximum absolute atomic E-state index is 12.1. The number of amides is 1. The molecule has 0 atom stereocenters. The molecule has 1 fully saturated rings. The fourth-order valence-corrected chi connectivity index (χ4v) is 2.12. The Kier molecular flexibility index (Phi) is 3.07. The van der Waals surface area contributed by atoms with Gasteiger partial charge in [-0.15, -0.1) is 0 Å². The highest BCUT2D eigenvalue weighted by Crippen LogP contribution is 2.31. The average Bonchev–Trinajstić information content (AvgIpc) is 2.26. The summed E-state index contributed by atoms with van der Waals surface area (Å²) in [6.45, 7) is 1.88. The summed E-state index contributed by atoms with van der Waals surface area (Å²) in [6, 6.07) is 5.28. The number of carbonyl (C=O) groups is 1. The van der Waals surface area contributed by atoms with E-state index in [1.54, 1.807) is 12.1 Å². The highest BCUT2D eigenvalue weighted by atomic mass is 16.3. The van der Waals surface area contributed by atoms with E-state index in [-0.39, 0.29) is 12.5 Å². The molecule has 92 valence electrons. The van der Waals surface area contributed by atoms with Gasteiger partial charge in [0.05, 0.1) is 12.1 Å². The Morgan fingerprint density at radius 1 is 1.53 bits per heavy atom. The summed E-state index contributed by atoms with van der Waals surface area (Å²) in [7, 11) is 0. The van der Waals surface area contributed by atoms with Gasteiger partial charge in [0.1, 0.15) is 0 Å². The molecule has 0 radical (unpaired) electrons. The van der Waals surface area contributed by atoms with Crippen LogP contribution < -0.4 is 11.1 Å². The second kappa shape index (κ2) is 4.37. The number of nitrogen functional groups attached to an aromatic ring is 1. The number of rotatable bonds is 3. The van der Waals surface area contributed by atoms with Crippen molar-refractivity contribution in [2.75, 3.05) is 12.3 Å². The molecule has 1 aromatic rings. The van der Waals surface area contributed by atoms with Crippen molar-refractivity contribution < 1.29 is 9.90 Å². The standard InChI is InChI=1S/C13H18N2O2/c1-9-3-4-10(14)7-11(9)12(17)15-13(8-16)5-2-6-13/h3-4,7,16H,2,5-6,8,14H2,1H3,(H,15,17). The van der Waals surface area contributed by atoms with E-state index >= 15 is 0 Å². The Morgan fingerprint density at radius 2 is 2.24 bits per heavy atom. The predicted octanol–water partition coefficient (Wildman–Crippen LogP) is 1.22. The summed E-state index contributed by atoms with van der Waals surface area (Å²) >= 11 is 0. The van der Waals surface area contributed by atoms with Crippen LogP contribution in [0.2, 0.25) is 0 Å². The largest absolute Gasteiger partial charge is 0.399 e. The number of hydrogen-bond donors (Lipinski definition) is 3. The zero-order chi connectivity index (χ0) is 12.5. The first-order chi connectivity index (χ1) is 8.06. The molecule has 1 aliphatic rings. The normalized spacial score (nSPS) is 17.3. The minimum atomic E-state index is -0.409. The van der Waals surface area contributed by atoms with E-state index in [2.05, 4.69) is 5.32 Å². The summed E-state index contributed by atoms with van der Waals surface area (Å²) in [4.78, 5) is 12.1. The first-order valence-electron chi connectivity index (χ1n) is 5.86. The number of aliphatic hydroxyl groups is 1. The number of anilines is 1. The quantitative estimate of drug-likeness (QED) is 0.688. The highest BCUT2D eigenvalue weighted by Gasteiger charge is 2.38. The molecular weight excluding hydrogens is 216 g/mol. The van der Waals surface area contributed by atoms with E-state index in [0.717, 1.165) is 24.8 Å². The number of aliphatic hydroxyl groups excluding tert-OH is 1. The van der Waals surface area contributed by atoms with Crippen LogP contribution in [0.3, 0.4) is 0 Å². The van der Waals surface area contributed by atoms with Crippen LogP contribution >= 0.6 is 0 Å². The molecule has 0 unspecified atom stereocenters. The van der Waals surface area contributed by atoms with Crippen LogP contribution in [0.15, 0.2) is 18.2 Å². The first-order valence-corrected chi connectivity index (χ1v) is 5.86. The third-order valence-electron chi connectivity index (χ3n) is 3.50. The number of aryl methyl sites for hydroxylation is 1. The van der Waals surface area contributed by atoms with Crippen LogP contribution in [0, 0.1) is 6.92 Å². The maximum atomic E-state index is 12.1. The minimum absolute atomic E-state index is 0.000103. The Morgan fingerprint density at radius 3 is 2.76 bits per heavy atom. The van der Waals surface area contributed by atoms with Gasteiger partial charge >= 0.3 is 0 Å². The maximum Gasteiger partial charge on any atom is 0.252 e. The summed E-state index contributed by atoms with van der Waals surface area (Å²) in [5.41, 5.74) is 7.33. The molecule has 1 aromatic carbocycles. The lowest BCUT2D eigenvalue weighted by molar-refractivity contribution is 0.0641. The lowest BCUT2D eigenvalue weighted by Crippen LogP contribution is -2.56. The Hall–Kier alpha value is -1.55. The van der Waals surface area contributed by atoms with E-state index in [1.807, 2.05) is 13.0 Å². The summed E-state index contributed by atoms with van der Waals surface area (Å²) < 4.78 is 0. The molecule has 1 saturated carbocycles. The lowest BCUT2D eigenvalue weighted by Gasteiger charge is -2.41. The highest BCUT2D eigenvalue weighted by molar-refractivity contribution is 5.97. The number of nitrogens with two attached hydrogens (primary N) is 1. The zero-order valence-corrected chi connectivity index (χ0v) is 9.99. The molecule has 1 aliphatic carbocycles. The van der Waals surface area contributed by atoms with E-state index in [0.29, 0.717) is 11.3 Å². The van der Waals surface area contributed by atoms with Gasteiger partial charge in [-0.3, -0.25) is 4.79 Å². The van der Waals surface area contributed by atoms with Crippen LogP contribution in [0.4, 0.5) is 5.69 Å². The fraction of sp³-hybridized carbons (Fsp3) is 0.462. The molecule has 0 aromatic heterocycles. The van der Waals surface area contributed by atoms with Crippen molar-refractivity contribution in [1.82, 2.24) is 5.32 Å². The van der Waals surface area contributed by atoms with Crippen molar-refractivity contribution in [2.24, 2.45) is 0 Å². The van der Waals surface area contributed by atoms with Gasteiger partial charge in [-0.1, -0.05) is 6.07 Å². The monoisotopic (exact) mass is 234 g/mol. The van der Waals surface area contributed by atoms with E-state index < -0.39 is 5.54 Å². The molecule has 0 bridgehead atoms. The second-order valence-corrected chi connectivity index (χ2v) is 4.82. The third kappa shape index (κ3) is 2.26. The molecule has 4 N–H and O–H groups in total. The van der Waals surface area contributed by atoms with Gasteiger partial charge in [0.25, 0.3) is 5.91 Å². The third-order valence-corrected chi connectivity index (χ3v) is 3.50. The Bertz CT molecular complexity index is 434. The molecule has 0 saturated heterocycles. The molecule has 0 aliphatic heterocycles. The van der Waals surface area contributed by atoms with E-state index in [9.17, 15) is 9.90 Å². The number of carbonyl (C=O) groups excluding carboxylic acids is 1. The van der Waals surface area contributed by atoms with Crippen LogP contribution in [0.25, 0.3) is 0 Å². The first kappa shape index (κ1) is 11.9. The molecule has 2 rings (SSSR count). The van der Waals surface area contributed by atoms with Gasteiger partial charge in [0.2, 0.25) is 0 Å². The van der Waals surface area contributed by atoms with E-state index in [1.165, 1.54) is 0 Å². The predicted molar refractivity (Wildman–Crippen MR) is 66.7 cm³/mol. The number of nitrogens with one attached hydrogen (secondary N) is 1. The number of benzene rings is 1. The summed E-state index contributed by atoms with van der Waals surface area (Å²) in [5, 5.41) is 12.2. The van der Waals surface area contributed by atoms with Gasteiger partial charge in [-0.05, 0) is 43.9 Å². The molecule has 4 nitrogen and oxygen atoms in total. The van der Waals surface area contributed by atoms with Gasteiger partial charge in [-0.25, -0.2) is 0 Å². The summed E-state index contributed by atoms with van der Waals surface area (Å²) in [6.07, 6.45) is 2.74. The lowest BCUT2D eigenvalue weighted by atomic mass is 9.77. The van der Waals surface area contributed by atoms with Crippen molar-refractivity contribution in [1.29, 1.82) is 0 Å². The Balaban J connectivity index is 2.17. The minimum Gasteiger partial charge on any atom is -0.399 e. The van der Waals surface area contributed by atoms with Gasteiger partial charge < -0.3 is 16.2 Å². The van der Waals surface area contributed by atoms with Crippen molar-refractivity contribution >= 4 is 11.6 Å². The topological polar surface area (TPSA) is 75.4 Å². The van der Waals surface area contributed by atoms with Crippen molar-refractivity contribution in [2.45, 2.75) is 31.7 Å². The number of hydrogen-bond acceptors (Lipinski definition) is 3. The second-order valence-electron chi connectivity index (χ2n) is 4.82. The molecule has 0 spiro atoms. The SMILES string of the molecule is Cc1ccc(N)cc1C(=O)NC1(CO)CCC1. The van der Waals surface area contributed by atoms with Crippen molar-refractivity contribution in [3.8, 4) is 0 Å². The zero-order valence-electron chi connectivity index (χ0n) is 9.99. The molecule has 1 amide bonds. The smallest absolute Gasteiger partial charge is 0.252 e. The van der Waals surface area contributed by atoms with Gasteiger partial charge in [0.15, 0.2) is 0 Å². The van der Waals surface area contributed by atoms with Gasteiger partial charge in [0, 0.05) is 11.3 Å². The van der Waals surface area contributed by atoms with Gasteiger partial charge in [-0.2, -0.15) is 0 Å². The summed E-state index contributed by atoms with van der Waals surface area (Å²) in [5.74, 6) is -0.149. The molecule has 17 heavy (non-hydrogen) atoms. The fourth-order valence-electron chi connectivity index (χ4n) is 2.12. The average molecular weight is 234 g/mol. The van der Waals surface area contributed by atoms with Crippen LogP contribution in [0.1, 0.15) is 35.2 Å². The van der Waals surface area contributed by atoms with Crippen molar-refractivity contribution in [3.63, 3.8) is 0 Å². The van der Waals surface area contributed by atoms with Crippen LogP contribution in [0.5, 0.6) is 0 Å². The van der Waals surface area contributed by atoms with E-state index in [4.69, 9.17) is 5.73 Å². The Labute approximate surface area is 101 Å². The molecular formula is C13H18N2O2.